The third kappa shape index (κ3) is 6.01. The molecule has 0 heterocycles. The summed E-state index contributed by atoms with van der Waals surface area (Å²) >= 11 is 2.09. The van der Waals surface area contributed by atoms with Gasteiger partial charge < -0.3 is 18.9 Å². The molecule has 0 bridgehead atoms. The van der Waals surface area contributed by atoms with Crippen molar-refractivity contribution in [3.8, 4) is 23.0 Å². The minimum Gasteiger partial charge on any atom is -0.493 e. The van der Waals surface area contributed by atoms with Gasteiger partial charge in [0.15, 0.2) is 11.5 Å². The fraction of sp³-hybridized carbons (Fsp3) is 0.125. The number of carbonyl (C=O) groups is 2. The number of ether oxygens (including phenoxy) is 4. The van der Waals surface area contributed by atoms with Gasteiger partial charge in [-0.15, -0.1) is 0 Å². The number of carbonyl (C=O) groups excluding carboxylic acids is 2. The van der Waals surface area contributed by atoms with Gasteiger partial charge in [0.2, 0.25) is 5.75 Å². The lowest BCUT2D eigenvalue weighted by Gasteiger charge is -2.13. The van der Waals surface area contributed by atoms with Gasteiger partial charge in [0, 0.05) is 9.13 Å². The molecule has 0 aliphatic carbocycles. The van der Waals surface area contributed by atoms with Crippen LogP contribution in [0.2, 0.25) is 0 Å². The quantitative estimate of drug-likeness (QED) is 0.145. The molecule has 170 valence electrons. The van der Waals surface area contributed by atoms with E-state index in [2.05, 4.69) is 33.1 Å². The number of methoxy groups -OCH3 is 3. The fourth-order valence-electron chi connectivity index (χ4n) is 2.85. The minimum absolute atomic E-state index is 0.291. The van der Waals surface area contributed by atoms with Crippen molar-refractivity contribution in [3.63, 3.8) is 0 Å². The zero-order valence-electron chi connectivity index (χ0n) is 18.1. The van der Waals surface area contributed by atoms with Crippen molar-refractivity contribution < 1.29 is 28.5 Å². The average molecular weight is 560 g/mol. The highest BCUT2D eigenvalue weighted by molar-refractivity contribution is 14.1. The average Bonchev–Trinajstić information content (AvgIpc) is 2.84. The number of hydrogen-bond donors (Lipinski definition) is 1. The molecule has 0 atom stereocenters. The number of nitrogens with one attached hydrogen (secondary N) is 1. The number of rotatable bonds is 8. The Morgan fingerprint density at radius 2 is 1.55 bits per heavy atom. The molecule has 0 aromatic heterocycles. The molecular weight excluding hydrogens is 539 g/mol. The first-order chi connectivity index (χ1) is 16.0. The van der Waals surface area contributed by atoms with Gasteiger partial charge in [0.05, 0.1) is 33.1 Å². The van der Waals surface area contributed by atoms with Crippen LogP contribution in [-0.2, 0) is 0 Å². The molecule has 3 aromatic rings. The van der Waals surface area contributed by atoms with Crippen molar-refractivity contribution in [2.24, 2.45) is 5.10 Å². The van der Waals surface area contributed by atoms with E-state index in [9.17, 15) is 9.59 Å². The minimum atomic E-state index is -0.450. The highest BCUT2D eigenvalue weighted by Crippen LogP contribution is 2.38. The first-order valence-corrected chi connectivity index (χ1v) is 10.7. The van der Waals surface area contributed by atoms with Crippen LogP contribution in [0.5, 0.6) is 23.0 Å². The summed E-state index contributed by atoms with van der Waals surface area (Å²) in [6.45, 7) is 0. The van der Waals surface area contributed by atoms with Gasteiger partial charge in [-0.1, -0.05) is 12.1 Å². The first kappa shape index (κ1) is 24.1. The summed E-state index contributed by atoms with van der Waals surface area (Å²) in [4.78, 5) is 24.8. The largest absolute Gasteiger partial charge is 0.493 e. The van der Waals surface area contributed by atoms with Crippen LogP contribution in [0.3, 0.4) is 0 Å². The lowest BCUT2D eigenvalue weighted by Crippen LogP contribution is -2.18. The number of esters is 1. The molecule has 0 spiro atoms. The van der Waals surface area contributed by atoms with Crippen LogP contribution >= 0.6 is 22.6 Å². The Hall–Kier alpha value is -3.60. The van der Waals surface area contributed by atoms with Crippen molar-refractivity contribution in [2.45, 2.75) is 0 Å². The molecule has 1 N–H and O–H groups in total. The number of hydrogen-bond acceptors (Lipinski definition) is 7. The van der Waals surface area contributed by atoms with E-state index in [-0.39, 0.29) is 0 Å². The second-order valence-corrected chi connectivity index (χ2v) is 7.71. The van der Waals surface area contributed by atoms with E-state index in [0.29, 0.717) is 39.7 Å². The van der Waals surface area contributed by atoms with E-state index in [1.807, 2.05) is 12.1 Å². The Bertz CT molecular complexity index is 1150. The number of benzene rings is 3. The van der Waals surface area contributed by atoms with E-state index in [1.54, 1.807) is 36.4 Å². The Balaban J connectivity index is 1.63. The van der Waals surface area contributed by atoms with Crippen molar-refractivity contribution in [1.29, 1.82) is 0 Å². The van der Waals surface area contributed by atoms with Crippen molar-refractivity contribution >= 4 is 40.7 Å². The normalized spacial score (nSPS) is 10.5. The van der Waals surface area contributed by atoms with Crippen LogP contribution in [0, 0.1) is 3.57 Å². The lowest BCUT2D eigenvalue weighted by molar-refractivity contribution is 0.0733. The zero-order valence-corrected chi connectivity index (χ0v) is 20.3. The fourth-order valence-corrected chi connectivity index (χ4v) is 3.46. The van der Waals surface area contributed by atoms with Gasteiger partial charge in [0.25, 0.3) is 5.91 Å². The van der Waals surface area contributed by atoms with E-state index in [4.69, 9.17) is 18.9 Å². The molecule has 1 amide bonds. The molecule has 0 saturated heterocycles. The maximum absolute atomic E-state index is 12.5. The molecule has 3 aromatic carbocycles. The third-order valence-electron chi connectivity index (χ3n) is 4.49. The molecule has 0 radical (unpaired) electrons. The second-order valence-electron chi connectivity index (χ2n) is 6.55. The number of hydrazone groups is 1. The summed E-state index contributed by atoms with van der Waals surface area (Å²) in [6, 6.07) is 17.0. The predicted molar refractivity (Wildman–Crippen MR) is 132 cm³/mol. The van der Waals surface area contributed by atoms with Crippen LogP contribution in [0.1, 0.15) is 26.3 Å². The van der Waals surface area contributed by atoms with Crippen molar-refractivity contribution in [2.75, 3.05) is 21.3 Å². The molecule has 0 aliphatic heterocycles. The summed E-state index contributed by atoms with van der Waals surface area (Å²) in [6.07, 6.45) is 1.47. The van der Waals surface area contributed by atoms with E-state index in [1.165, 1.54) is 39.7 Å². The van der Waals surface area contributed by atoms with E-state index < -0.39 is 11.9 Å². The van der Waals surface area contributed by atoms with Gasteiger partial charge in [-0.3, -0.25) is 4.79 Å². The zero-order chi connectivity index (χ0) is 23.8. The molecule has 9 heteroatoms. The van der Waals surface area contributed by atoms with E-state index in [0.717, 1.165) is 3.57 Å². The Labute approximate surface area is 204 Å². The molecule has 0 fully saturated rings. The maximum atomic E-state index is 12.5. The summed E-state index contributed by atoms with van der Waals surface area (Å²) < 4.78 is 22.0. The van der Waals surface area contributed by atoms with Crippen molar-refractivity contribution in [1.82, 2.24) is 5.43 Å². The highest BCUT2D eigenvalue weighted by Gasteiger charge is 2.16. The smallest absolute Gasteiger partial charge is 0.344 e. The molecule has 8 nitrogen and oxygen atoms in total. The molecule has 0 saturated carbocycles. The summed E-state index contributed by atoms with van der Waals surface area (Å²) in [5.74, 6) is 0.635. The Kier molecular flexibility index (Phi) is 8.25. The monoisotopic (exact) mass is 560 g/mol. The van der Waals surface area contributed by atoms with Gasteiger partial charge in [0.1, 0.15) is 5.75 Å². The second kappa shape index (κ2) is 11.3. The standard InChI is InChI=1S/C24H21IN2O6/c1-30-20-12-16(13-21(31-2)22(20)32-3)23(28)27-26-14-15-8-10-17(11-9-15)33-24(29)18-6-4-5-7-19(18)25/h4-14H,1-3H3,(H,27,28)/b26-14-. The van der Waals surface area contributed by atoms with Crippen LogP contribution in [0.15, 0.2) is 65.8 Å². The highest BCUT2D eigenvalue weighted by atomic mass is 127. The van der Waals surface area contributed by atoms with Gasteiger partial charge in [-0.25, -0.2) is 10.2 Å². The van der Waals surface area contributed by atoms with Crippen LogP contribution < -0.4 is 24.4 Å². The summed E-state index contributed by atoms with van der Waals surface area (Å²) in [5, 5.41) is 3.98. The number of halogens is 1. The molecular formula is C24H21IN2O6. The topological polar surface area (TPSA) is 95.5 Å². The van der Waals surface area contributed by atoms with Gasteiger partial charge >= 0.3 is 5.97 Å². The molecule has 3 rings (SSSR count). The third-order valence-corrected chi connectivity index (χ3v) is 5.43. The number of amides is 1. The van der Waals surface area contributed by atoms with Crippen LogP contribution in [0.4, 0.5) is 0 Å². The van der Waals surface area contributed by atoms with Crippen LogP contribution in [-0.4, -0.2) is 39.4 Å². The number of nitrogens with zero attached hydrogens (tertiary/aromatic N) is 1. The Morgan fingerprint density at radius 3 is 2.12 bits per heavy atom. The summed E-state index contributed by atoms with van der Waals surface area (Å²) in [7, 11) is 4.43. The molecule has 0 aliphatic rings. The first-order valence-electron chi connectivity index (χ1n) is 9.67. The van der Waals surface area contributed by atoms with Gasteiger partial charge in [-0.05, 0) is 76.7 Å². The summed E-state index contributed by atoms with van der Waals surface area (Å²) in [5.41, 5.74) is 3.95. The van der Waals surface area contributed by atoms with E-state index >= 15 is 0 Å². The lowest BCUT2D eigenvalue weighted by atomic mass is 10.1. The molecule has 33 heavy (non-hydrogen) atoms. The predicted octanol–water partition coefficient (Wildman–Crippen LogP) is 4.30. The SMILES string of the molecule is COc1cc(C(=O)N/N=C\c2ccc(OC(=O)c3ccccc3I)cc2)cc(OC)c1OC. The van der Waals surface area contributed by atoms with Gasteiger partial charge in [-0.2, -0.15) is 5.10 Å². The maximum Gasteiger partial charge on any atom is 0.344 e. The van der Waals surface area contributed by atoms with Crippen LogP contribution in [0.25, 0.3) is 0 Å². The molecule has 0 unspecified atom stereocenters. The Morgan fingerprint density at radius 1 is 0.909 bits per heavy atom. The van der Waals surface area contributed by atoms with Crippen molar-refractivity contribution in [3.05, 3.63) is 80.9 Å².